The lowest BCUT2D eigenvalue weighted by Crippen LogP contribution is -2.12. The first-order valence-electron chi connectivity index (χ1n) is 21.1. The average Bonchev–Trinajstić information content (AvgIpc) is 3.84. The van der Waals surface area contributed by atoms with Crippen LogP contribution < -0.4 is 11.1 Å². The van der Waals surface area contributed by atoms with Crippen LogP contribution in [0.1, 0.15) is 40.7 Å². The molecule has 0 saturated carbocycles. The van der Waals surface area contributed by atoms with Gasteiger partial charge in [-0.05, 0) is 125 Å². The number of nitrogens with zero attached hydrogens (tertiary/aromatic N) is 2. The summed E-state index contributed by atoms with van der Waals surface area (Å²) in [6.45, 7) is 0. The fourth-order valence-corrected chi connectivity index (χ4v) is 9.56. The molecule has 0 bridgehead atoms. The van der Waals surface area contributed by atoms with Crippen molar-refractivity contribution in [2.45, 2.75) is 12.8 Å². The van der Waals surface area contributed by atoms with Gasteiger partial charge in [0.15, 0.2) is 0 Å². The number of benzene rings is 8. The number of anilines is 1. The Morgan fingerprint density at radius 1 is 0.525 bits per heavy atom. The van der Waals surface area contributed by atoms with Gasteiger partial charge in [-0.3, -0.25) is 0 Å². The minimum Gasteiger partial charge on any atom is -0.398 e. The van der Waals surface area contributed by atoms with E-state index in [0.29, 0.717) is 0 Å². The maximum Gasteiger partial charge on any atom is 0.0541 e. The highest BCUT2D eigenvalue weighted by atomic mass is 15.0. The number of hydrogen-bond donors (Lipinski definition) is 2. The minimum atomic E-state index is 0.747. The lowest BCUT2D eigenvalue weighted by Gasteiger charge is -2.22. The van der Waals surface area contributed by atoms with Gasteiger partial charge in [0, 0.05) is 62.5 Å². The molecule has 1 aliphatic carbocycles. The Labute approximate surface area is 355 Å². The van der Waals surface area contributed by atoms with E-state index in [1.807, 2.05) is 19.2 Å². The summed E-state index contributed by atoms with van der Waals surface area (Å²) in [4.78, 5) is 0. The third-order valence-electron chi connectivity index (χ3n) is 12.4. The topological polar surface area (TPSA) is 47.9 Å². The molecule has 1 aliphatic rings. The zero-order valence-electron chi connectivity index (χ0n) is 34.0. The monoisotopic (exact) mass is 784 g/mol. The normalized spacial score (nSPS) is 13.4. The molecule has 0 saturated heterocycles. The molecule has 0 aliphatic heterocycles. The van der Waals surface area contributed by atoms with E-state index in [0.717, 1.165) is 46.5 Å². The first-order chi connectivity index (χ1) is 30.1. The van der Waals surface area contributed by atoms with Crippen LogP contribution in [-0.2, 0) is 0 Å². The fraction of sp³-hybridized carbons (Fsp3) is 0.0526. The van der Waals surface area contributed by atoms with Crippen LogP contribution in [0.15, 0.2) is 206 Å². The third-order valence-corrected chi connectivity index (χ3v) is 12.4. The van der Waals surface area contributed by atoms with Crippen LogP contribution in [0.3, 0.4) is 0 Å². The van der Waals surface area contributed by atoms with Crippen molar-refractivity contribution in [1.82, 2.24) is 14.5 Å². The molecule has 4 heteroatoms. The van der Waals surface area contributed by atoms with Crippen LogP contribution in [0.25, 0.3) is 77.8 Å². The van der Waals surface area contributed by atoms with Crippen molar-refractivity contribution >= 4 is 72.1 Å². The van der Waals surface area contributed by atoms with Crippen LogP contribution in [0.5, 0.6) is 0 Å². The zero-order chi connectivity index (χ0) is 40.9. The Morgan fingerprint density at radius 3 is 1.75 bits per heavy atom. The second-order valence-electron chi connectivity index (χ2n) is 15.9. The molecule has 0 atom stereocenters. The molecule has 292 valence electrons. The molecule has 0 unspecified atom stereocenters. The number of nitrogens with one attached hydrogen (secondary N) is 1. The van der Waals surface area contributed by atoms with Crippen LogP contribution in [0.2, 0.25) is 0 Å². The van der Waals surface area contributed by atoms with E-state index in [1.54, 1.807) is 0 Å². The molecule has 10 aromatic rings. The van der Waals surface area contributed by atoms with Crippen molar-refractivity contribution in [2.75, 3.05) is 12.8 Å². The van der Waals surface area contributed by atoms with Crippen LogP contribution in [0.4, 0.5) is 5.69 Å². The van der Waals surface area contributed by atoms with E-state index >= 15 is 0 Å². The largest absolute Gasteiger partial charge is 0.398 e. The quantitative estimate of drug-likeness (QED) is 0.119. The van der Waals surface area contributed by atoms with Gasteiger partial charge in [-0.15, -0.1) is 0 Å². The van der Waals surface area contributed by atoms with E-state index in [2.05, 4.69) is 209 Å². The summed E-state index contributed by atoms with van der Waals surface area (Å²) in [5.41, 5.74) is 25.2. The number of nitrogen functional groups attached to an aromatic ring is 1. The molecule has 2 heterocycles. The van der Waals surface area contributed by atoms with Gasteiger partial charge in [0.2, 0.25) is 0 Å². The predicted molar refractivity (Wildman–Crippen MR) is 259 cm³/mol. The van der Waals surface area contributed by atoms with E-state index in [4.69, 9.17) is 5.73 Å². The third kappa shape index (κ3) is 6.23. The van der Waals surface area contributed by atoms with Crippen LogP contribution >= 0.6 is 0 Å². The molecule has 0 radical (unpaired) electrons. The van der Waals surface area contributed by atoms with Crippen molar-refractivity contribution in [3.05, 3.63) is 234 Å². The molecular weight excluding hydrogens is 741 g/mol. The van der Waals surface area contributed by atoms with Gasteiger partial charge in [0.25, 0.3) is 0 Å². The molecule has 2 aromatic heterocycles. The summed E-state index contributed by atoms with van der Waals surface area (Å²) >= 11 is 0. The Kier molecular flexibility index (Phi) is 8.97. The maximum absolute atomic E-state index is 6.84. The van der Waals surface area contributed by atoms with E-state index in [1.165, 1.54) is 77.3 Å². The summed E-state index contributed by atoms with van der Waals surface area (Å²) in [5.74, 6) is 0. The number of aromatic nitrogens is 2. The summed E-state index contributed by atoms with van der Waals surface area (Å²) in [6, 6.07) is 69.6. The first kappa shape index (κ1) is 36.3. The van der Waals surface area contributed by atoms with Gasteiger partial charge in [-0.1, -0.05) is 127 Å². The van der Waals surface area contributed by atoms with E-state index in [9.17, 15) is 0 Å². The van der Waals surface area contributed by atoms with Gasteiger partial charge >= 0.3 is 0 Å². The van der Waals surface area contributed by atoms with Crippen LogP contribution in [-0.4, -0.2) is 16.2 Å². The van der Waals surface area contributed by atoms with Gasteiger partial charge in [0.1, 0.15) is 0 Å². The van der Waals surface area contributed by atoms with Crippen molar-refractivity contribution in [3.63, 3.8) is 0 Å². The lowest BCUT2D eigenvalue weighted by molar-refractivity contribution is 0.856. The molecule has 3 N–H and O–H groups in total. The molecule has 11 rings (SSSR count). The van der Waals surface area contributed by atoms with Crippen molar-refractivity contribution < 1.29 is 0 Å². The zero-order valence-corrected chi connectivity index (χ0v) is 34.0. The number of allylic oxidation sites excluding steroid dienone is 4. The lowest BCUT2D eigenvalue weighted by atomic mass is 9.85. The predicted octanol–water partition coefficient (Wildman–Crippen LogP) is 13.9. The fourth-order valence-electron chi connectivity index (χ4n) is 9.56. The van der Waals surface area contributed by atoms with Gasteiger partial charge < -0.3 is 20.2 Å². The van der Waals surface area contributed by atoms with Gasteiger partial charge in [-0.25, -0.2) is 0 Å². The van der Waals surface area contributed by atoms with E-state index in [-0.39, 0.29) is 0 Å². The number of rotatable bonds is 8. The van der Waals surface area contributed by atoms with Crippen molar-refractivity contribution in [1.29, 1.82) is 0 Å². The summed E-state index contributed by atoms with van der Waals surface area (Å²) in [7, 11) is 2.05. The van der Waals surface area contributed by atoms with Gasteiger partial charge in [0.05, 0.1) is 22.1 Å². The maximum atomic E-state index is 6.84. The molecule has 0 fully saturated rings. The summed E-state index contributed by atoms with van der Waals surface area (Å²) in [5, 5.41) is 8.54. The standard InChI is InChI=1S/C57H44N4/c1-59-53-31-28-38(39-29-32-56-50(35-39)46-23-11-14-26-54(46)60(56)42-17-4-2-5-18-42)34-49(53)44-21-9-8-16-40(44)36-48(45-22-10-13-25-52(45)58)41-30-33-57-51(37-41)47-24-12-15-27-55(47)61(57)43-19-6-3-7-20-43/h2-27,29-30,32-37,59H,28,31,58H2,1H3/b48-36-. The molecular formula is C57H44N4. The van der Waals surface area contributed by atoms with Crippen LogP contribution in [0, 0.1) is 0 Å². The Hall–Kier alpha value is -7.82. The highest BCUT2D eigenvalue weighted by Crippen LogP contribution is 2.41. The second-order valence-corrected chi connectivity index (χ2v) is 15.9. The highest BCUT2D eigenvalue weighted by Gasteiger charge is 2.21. The summed E-state index contributed by atoms with van der Waals surface area (Å²) in [6.07, 6.45) is 6.62. The highest BCUT2D eigenvalue weighted by molar-refractivity contribution is 6.12. The Bertz CT molecular complexity index is 3400. The summed E-state index contributed by atoms with van der Waals surface area (Å²) < 4.78 is 4.74. The number of fused-ring (bicyclic) bond motifs is 6. The average molecular weight is 785 g/mol. The molecule has 4 nitrogen and oxygen atoms in total. The second kappa shape index (κ2) is 15.1. The number of hydrogen-bond acceptors (Lipinski definition) is 2. The molecule has 0 spiro atoms. The van der Waals surface area contributed by atoms with E-state index < -0.39 is 0 Å². The van der Waals surface area contributed by atoms with Crippen molar-refractivity contribution in [3.8, 4) is 11.4 Å². The number of nitrogens with two attached hydrogens (primary N) is 1. The smallest absolute Gasteiger partial charge is 0.0541 e. The molecule has 8 aromatic carbocycles. The number of para-hydroxylation sites is 5. The molecule has 61 heavy (non-hydrogen) atoms. The Balaban J connectivity index is 1.06. The first-order valence-corrected chi connectivity index (χ1v) is 21.1. The Morgan fingerprint density at radius 2 is 1.08 bits per heavy atom. The molecule has 0 amide bonds. The SMILES string of the molecule is CNC1=C(c2ccccc2/C=C(/c2ccc3c(c2)c2ccccc2n3-c2ccccc2)c2ccccc2N)C=C(c2ccc3c(c2)c2ccccc2n3-c2ccccc2)CC1. The minimum absolute atomic E-state index is 0.747. The van der Waals surface area contributed by atoms with Crippen molar-refractivity contribution in [2.24, 2.45) is 0 Å². The van der Waals surface area contributed by atoms with Gasteiger partial charge in [-0.2, -0.15) is 0 Å².